The SMILES string of the molecule is CC(C)(C)COc1ccccc1[Si]Cl. The number of hydrogen-bond donors (Lipinski definition) is 0. The van der Waals surface area contributed by atoms with Gasteiger partial charge in [0.05, 0.1) is 6.61 Å². The molecule has 0 bridgehead atoms. The summed E-state index contributed by atoms with van der Waals surface area (Å²) in [5, 5.41) is 1.08. The van der Waals surface area contributed by atoms with Gasteiger partial charge in [0.15, 0.2) is 0 Å². The molecule has 0 fully saturated rings. The standard InChI is InChI=1S/C11H15ClOSi/c1-11(2,3)8-13-9-6-4-5-7-10(9)14-12/h4-7H,8H2,1-3H3. The summed E-state index contributed by atoms with van der Waals surface area (Å²) in [5.74, 6) is 0.913. The summed E-state index contributed by atoms with van der Waals surface area (Å²) in [6.07, 6.45) is 0. The maximum absolute atomic E-state index is 5.83. The van der Waals surface area contributed by atoms with E-state index in [1.165, 1.54) is 0 Å². The van der Waals surface area contributed by atoms with Gasteiger partial charge < -0.3 is 4.74 Å². The van der Waals surface area contributed by atoms with Gasteiger partial charge in [-0.05, 0) is 16.7 Å². The van der Waals surface area contributed by atoms with Crippen LogP contribution < -0.4 is 9.92 Å². The highest BCUT2D eigenvalue weighted by Crippen LogP contribution is 2.16. The van der Waals surface area contributed by atoms with E-state index in [-0.39, 0.29) is 14.2 Å². The van der Waals surface area contributed by atoms with Crippen LogP contribution in [0.1, 0.15) is 20.8 Å². The molecule has 0 unspecified atom stereocenters. The van der Waals surface area contributed by atoms with E-state index in [0.29, 0.717) is 6.61 Å². The molecule has 14 heavy (non-hydrogen) atoms. The molecule has 0 aliphatic carbocycles. The van der Waals surface area contributed by atoms with Crippen molar-refractivity contribution in [3.8, 4) is 5.75 Å². The zero-order chi connectivity index (χ0) is 10.6. The van der Waals surface area contributed by atoms with Crippen molar-refractivity contribution >= 4 is 25.1 Å². The molecule has 1 nitrogen and oxygen atoms in total. The topological polar surface area (TPSA) is 9.23 Å². The number of halogens is 1. The lowest BCUT2D eigenvalue weighted by molar-refractivity contribution is 0.199. The molecule has 0 spiro atoms. The maximum atomic E-state index is 5.83. The molecular formula is C11H15ClOSi. The van der Waals surface area contributed by atoms with Gasteiger partial charge in [-0.1, -0.05) is 39.0 Å². The molecule has 0 N–H and O–H groups in total. The van der Waals surface area contributed by atoms with Gasteiger partial charge in [0, 0.05) is 0 Å². The maximum Gasteiger partial charge on any atom is 0.214 e. The van der Waals surface area contributed by atoms with Gasteiger partial charge in [-0.25, -0.2) is 0 Å². The second kappa shape index (κ2) is 4.85. The van der Waals surface area contributed by atoms with Crippen molar-refractivity contribution in [3.05, 3.63) is 24.3 Å². The summed E-state index contributed by atoms with van der Waals surface area (Å²) in [7, 11) is 0.269. The number of hydrogen-bond acceptors (Lipinski definition) is 1. The van der Waals surface area contributed by atoms with Gasteiger partial charge in [0.2, 0.25) is 8.83 Å². The Morgan fingerprint density at radius 1 is 1.29 bits per heavy atom. The predicted octanol–water partition coefficient (Wildman–Crippen LogP) is 2.59. The van der Waals surface area contributed by atoms with Crippen molar-refractivity contribution in [2.75, 3.05) is 6.61 Å². The molecule has 0 aromatic heterocycles. The highest BCUT2D eigenvalue weighted by atomic mass is 35.6. The van der Waals surface area contributed by atoms with Crippen molar-refractivity contribution in [2.45, 2.75) is 20.8 Å². The Hall–Kier alpha value is -0.473. The summed E-state index contributed by atoms with van der Waals surface area (Å²) in [5.41, 5.74) is 0.183. The second-order valence-corrected chi connectivity index (χ2v) is 5.73. The minimum absolute atomic E-state index is 0.183. The molecule has 0 saturated heterocycles. The molecule has 76 valence electrons. The van der Waals surface area contributed by atoms with E-state index in [9.17, 15) is 0 Å². The Labute approximate surface area is 93.0 Å². The molecule has 1 aromatic carbocycles. The number of ether oxygens (including phenoxy) is 1. The van der Waals surface area contributed by atoms with Gasteiger partial charge >= 0.3 is 0 Å². The molecule has 0 heterocycles. The van der Waals surface area contributed by atoms with E-state index in [0.717, 1.165) is 10.9 Å². The lowest BCUT2D eigenvalue weighted by atomic mass is 9.99. The van der Waals surface area contributed by atoms with E-state index >= 15 is 0 Å². The van der Waals surface area contributed by atoms with Crippen LogP contribution in [0.2, 0.25) is 0 Å². The lowest BCUT2D eigenvalue weighted by Gasteiger charge is -2.19. The number of benzene rings is 1. The highest BCUT2D eigenvalue weighted by Gasteiger charge is 2.12. The van der Waals surface area contributed by atoms with Gasteiger partial charge in [-0.2, -0.15) is 11.1 Å². The average molecular weight is 227 g/mol. The van der Waals surface area contributed by atoms with Gasteiger partial charge in [-0.15, -0.1) is 0 Å². The van der Waals surface area contributed by atoms with Gasteiger partial charge in [0.25, 0.3) is 0 Å². The first kappa shape index (κ1) is 11.6. The Kier molecular flexibility index (Phi) is 4.02. The fraction of sp³-hybridized carbons (Fsp3) is 0.455. The fourth-order valence-electron chi connectivity index (χ4n) is 0.965. The monoisotopic (exact) mass is 226 g/mol. The second-order valence-electron chi connectivity index (χ2n) is 4.44. The third-order valence-corrected chi connectivity index (χ3v) is 2.88. The number of rotatable bonds is 3. The van der Waals surface area contributed by atoms with Gasteiger partial charge in [-0.3, -0.25) is 0 Å². The zero-order valence-electron chi connectivity index (χ0n) is 8.80. The van der Waals surface area contributed by atoms with E-state index in [2.05, 4.69) is 20.8 Å². The van der Waals surface area contributed by atoms with E-state index in [1.54, 1.807) is 0 Å². The average Bonchev–Trinajstić information content (AvgIpc) is 2.14. The Bertz CT molecular complexity index is 294. The summed E-state index contributed by atoms with van der Waals surface area (Å²) in [6, 6.07) is 7.92. The van der Waals surface area contributed by atoms with Crippen LogP contribution in [0.4, 0.5) is 0 Å². The largest absolute Gasteiger partial charge is 0.493 e. The van der Waals surface area contributed by atoms with Gasteiger partial charge in [0.1, 0.15) is 5.75 Å². The van der Waals surface area contributed by atoms with Crippen LogP contribution in [0.25, 0.3) is 0 Å². The van der Waals surface area contributed by atoms with E-state index in [1.807, 2.05) is 24.3 Å². The molecule has 0 aliphatic heterocycles. The first-order valence-corrected chi connectivity index (χ1v) is 6.62. The summed E-state index contributed by atoms with van der Waals surface area (Å²) >= 11 is 5.83. The normalized spacial score (nSPS) is 11.4. The minimum atomic E-state index is 0.183. The van der Waals surface area contributed by atoms with Crippen molar-refractivity contribution in [1.82, 2.24) is 0 Å². The van der Waals surface area contributed by atoms with Crippen LogP contribution in [0.3, 0.4) is 0 Å². The van der Waals surface area contributed by atoms with Crippen molar-refractivity contribution in [2.24, 2.45) is 5.41 Å². The summed E-state index contributed by atoms with van der Waals surface area (Å²) < 4.78 is 5.71. The summed E-state index contributed by atoms with van der Waals surface area (Å²) in [6.45, 7) is 7.17. The minimum Gasteiger partial charge on any atom is -0.493 e. The van der Waals surface area contributed by atoms with Crippen LogP contribution in [0.15, 0.2) is 24.3 Å². The lowest BCUT2D eigenvalue weighted by Crippen LogP contribution is -2.21. The Morgan fingerprint density at radius 3 is 2.50 bits per heavy atom. The van der Waals surface area contributed by atoms with Crippen LogP contribution >= 0.6 is 11.1 Å². The Balaban J connectivity index is 2.67. The third-order valence-electron chi connectivity index (χ3n) is 1.65. The zero-order valence-corrected chi connectivity index (χ0v) is 10.6. The van der Waals surface area contributed by atoms with Crippen molar-refractivity contribution in [3.63, 3.8) is 0 Å². The molecule has 0 amide bonds. The van der Waals surface area contributed by atoms with Crippen LogP contribution in [-0.2, 0) is 0 Å². The number of para-hydroxylation sites is 1. The first-order valence-electron chi connectivity index (χ1n) is 4.61. The smallest absolute Gasteiger partial charge is 0.214 e. The van der Waals surface area contributed by atoms with Crippen molar-refractivity contribution in [1.29, 1.82) is 0 Å². The first-order chi connectivity index (χ1) is 6.53. The van der Waals surface area contributed by atoms with E-state index < -0.39 is 0 Å². The highest BCUT2D eigenvalue weighted by molar-refractivity contribution is 7.01. The molecule has 3 heteroatoms. The quantitative estimate of drug-likeness (QED) is 0.569. The molecular weight excluding hydrogens is 212 g/mol. The van der Waals surface area contributed by atoms with Crippen LogP contribution in [0.5, 0.6) is 5.75 Å². The summed E-state index contributed by atoms with van der Waals surface area (Å²) in [4.78, 5) is 0. The van der Waals surface area contributed by atoms with Crippen LogP contribution in [0, 0.1) is 5.41 Å². The molecule has 2 radical (unpaired) electrons. The molecule has 0 saturated carbocycles. The van der Waals surface area contributed by atoms with Crippen LogP contribution in [-0.4, -0.2) is 15.4 Å². The third kappa shape index (κ3) is 3.72. The van der Waals surface area contributed by atoms with Crippen molar-refractivity contribution < 1.29 is 4.74 Å². The fourth-order valence-corrected chi connectivity index (χ4v) is 1.84. The molecule has 0 atom stereocenters. The molecule has 1 rings (SSSR count). The predicted molar refractivity (Wildman–Crippen MR) is 62.6 cm³/mol. The van der Waals surface area contributed by atoms with E-state index in [4.69, 9.17) is 15.8 Å². The molecule has 0 aliphatic rings. The Morgan fingerprint density at radius 2 is 1.93 bits per heavy atom. The molecule has 1 aromatic rings.